The number of Topliss-reactive ketones (excluding diaryl/α,β-unsaturated/α-hetero) is 1. The number of carbonyl (C=O) groups is 2. The number of rotatable bonds is 7. The molecule has 4 heterocycles. The number of aromatic nitrogens is 2. The minimum Gasteiger partial charge on any atom is -0.420 e. The van der Waals surface area contributed by atoms with Crippen LogP contribution in [0.25, 0.3) is 0 Å². The summed E-state index contributed by atoms with van der Waals surface area (Å²) in [4.78, 5) is 37.2. The number of benzene rings is 1. The molecule has 1 N–H and O–H groups in total. The summed E-state index contributed by atoms with van der Waals surface area (Å²) in [5, 5.41) is 3.43. The number of anilines is 2. The van der Waals surface area contributed by atoms with E-state index >= 15 is 0 Å². The summed E-state index contributed by atoms with van der Waals surface area (Å²) in [6, 6.07) is 10.2. The summed E-state index contributed by atoms with van der Waals surface area (Å²) in [7, 11) is 0. The van der Waals surface area contributed by atoms with Crippen molar-refractivity contribution in [3.05, 3.63) is 70.2 Å². The van der Waals surface area contributed by atoms with Crippen LogP contribution in [0.4, 0.5) is 25.0 Å². The predicted octanol–water partition coefficient (Wildman–Crippen LogP) is 5.56. The lowest BCUT2D eigenvalue weighted by atomic mass is 10.0. The Balaban J connectivity index is 1.18. The standard InChI is InChI=1S/C28H29ClF3N5O3/c29-21-7-3-2-6-20(21)26(39)34-19-10-14-36(15-11-19)23-9-8-18(17-33-23)16-22(38)24-25(28(30,31)32)35-27(40-24)37-12-4-1-5-13-37/h2-3,6-9,17,19H,1,4-5,10-16H2,(H,34,39). The first kappa shape index (κ1) is 27.9. The molecule has 12 heteroatoms. The van der Waals surface area contributed by atoms with Gasteiger partial charge in [0.05, 0.1) is 10.6 Å². The Kier molecular flexibility index (Phi) is 8.30. The van der Waals surface area contributed by atoms with Crippen molar-refractivity contribution in [3.63, 3.8) is 0 Å². The topological polar surface area (TPSA) is 91.6 Å². The van der Waals surface area contributed by atoms with Gasteiger partial charge < -0.3 is 19.5 Å². The van der Waals surface area contributed by atoms with Gasteiger partial charge in [0.1, 0.15) is 5.82 Å². The SMILES string of the molecule is O=C(NC1CCN(c2ccc(CC(=O)c3oc(N4CCCCC4)nc3C(F)(F)F)cn2)CC1)c1ccccc1Cl. The van der Waals surface area contributed by atoms with Gasteiger partial charge in [-0.2, -0.15) is 18.2 Å². The summed E-state index contributed by atoms with van der Waals surface area (Å²) in [6.07, 6.45) is 0.487. The van der Waals surface area contributed by atoms with Crippen LogP contribution in [0.3, 0.4) is 0 Å². The second kappa shape index (κ2) is 11.9. The maximum Gasteiger partial charge on any atom is 0.437 e. The van der Waals surface area contributed by atoms with Gasteiger partial charge in [0.2, 0.25) is 11.5 Å². The number of nitrogens with one attached hydrogen (secondary N) is 1. The second-order valence-corrected chi connectivity index (χ2v) is 10.5. The van der Waals surface area contributed by atoms with E-state index in [-0.39, 0.29) is 24.4 Å². The van der Waals surface area contributed by atoms with Crippen molar-refractivity contribution >= 4 is 35.1 Å². The molecule has 0 saturated carbocycles. The maximum absolute atomic E-state index is 13.6. The van der Waals surface area contributed by atoms with E-state index in [2.05, 4.69) is 20.2 Å². The van der Waals surface area contributed by atoms with Crippen molar-refractivity contribution in [1.82, 2.24) is 15.3 Å². The Labute approximate surface area is 234 Å². The number of alkyl halides is 3. The summed E-state index contributed by atoms with van der Waals surface area (Å²) in [5.41, 5.74) is -0.374. The van der Waals surface area contributed by atoms with Gasteiger partial charge in [-0.25, -0.2) is 4.98 Å². The Morgan fingerprint density at radius 1 is 1.00 bits per heavy atom. The summed E-state index contributed by atoms with van der Waals surface area (Å²) in [6.45, 7) is 2.40. The molecule has 0 radical (unpaired) electrons. The Bertz CT molecular complexity index is 1350. The molecule has 2 fully saturated rings. The van der Waals surface area contributed by atoms with Crippen LogP contribution in [0.2, 0.25) is 5.02 Å². The molecule has 2 aromatic heterocycles. The number of carbonyl (C=O) groups excluding carboxylic acids is 2. The Hall–Kier alpha value is -3.60. The first-order valence-electron chi connectivity index (χ1n) is 13.3. The first-order valence-corrected chi connectivity index (χ1v) is 13.7. The third kappa shape index (κ3) is 6.41. The average Bonchev–Trinajstić information content (AvgIpc) is 3.42. The van der Waals surface area contributed by atoms with E-state index < -0.39 is 23.4 Å². The molecule has 40 heavy (non-hydrogen) atoms. The van der Waals surface area contributed by atoms with Crippen LogP contribution in [0.15, 0.2) is 47.0 Å². The van der Waals surface area contributed by atoms with Crippen molar-refractivity contribution in [2.75, 3.05) is 36.0 Å². The van der Waals surface area contributed by atoms with Crippen molar-refractivity contribution in [2.45, 2.75) is 50.7 Å². The van der Waals surface area contributed by atoms with Gasteiger partial charge in [-0.15, -0.1) is 0 Å². The van der Waals surface area contributed by atoms with Crippen LogP contribution in [0.5, 0.6) is 0 Å². The van der Waals surface area contributed by atoms with Gasteiger partial charge >= 0.3 is 6.18 Å². The zero-order valence-electron chi connectivity index (χ0n) is 21.7. The third-order valence-corrected chi connectivity index (χ3v) is 7.54. The van der Waals surface area contributed by atoms with E-state index in [4.69, 9.17) is 16.0 Å². The molecule has 212 valence electrons. The number of piperidine rings is 2. The predicted molar refractivity (Wildman–Crippen MR) is 144 cm³/mol. The molecular formula is C28H29ClF3N5O3. The van der Waals surface area contributed by atoms with E-state index in [1.54, 1.807) is 41.3 Å². The summed E-state index contributed by atoms with van der Waals surface area (Å²) in [5.74, 6) is -1.08. The number of ketones is 1. The molecule has 1 amide bonds. The molecule has 3 aromatic rings. The van der Waals surface area contributed by atoms with Crippen LogP contribution in [0, 0.1) is 0 Å². The molecule has 0 aliphatic carbocycles. The number of halogens is 4. The number of pyridine rings is 1. The molecular weight excluding hydrogens is 547 g/mol. The van der Waals surface area contributed by atoms with E-state index in [0.29, 0.717) is 61.0 Å². The highest BCUT2D eigenvalue weighted by atomic mass is 35.5. The molecule has 0 spiro atoms. The fraction of sp³-hybridized carbons (Fsp3) is 0.429. The minimum atomic E-state index is -4.80. The molecule has 1 aromatic carbocycles. The number of hydrogen-bond donors (Lipinski definition) is 1. The van der Waals surface area contributed by atoms with E-state index in [1.807, 2.05) is 0 Å². The smallest absolute Gasteiger partial charge is 0.420 e. The highest BCUT2D eigenvalue weighted by Crippen LogP contribution is 2.35. The zero-order chi connectivity index (χ0) is 28.3. The Morgan fingerprint density at radius 2 is 1.73 bits per heavy atom. The molecule has 0 bridgehead atoms. The highest BCUT2D eigenvalue weighted by Gasteiger charge is 2.41. The van der Waals surface area contributed by atoms with Crippen LogP contribution < -0.4 is 15.1 Å². The molecule has 0 unspecified atom stereocenters. The van der Waals surface area contributed by atoms with Gasteiger partial charge in [0.15, 0.2) is 5.69 Å². The van der Waals surface area contributed by atoms with Crippen molar-refractivity contribution in [3.8, 4) is 0 Å². The van der Waals surface area contributed by atoms with E-state index in [0.717, 1.165) is 19.3 Å². The number of hydrogen-bond acceptors (Lipinski definition) is 7. The fourth-order valence-electron chi connectivity index (χ4n) is 5.05. The molecule has 2 saturated heterocycles. The van der Waals surface area contributed by atoms with E-state index in [1.165, 1.54) is 6.20 Å². The van der Waals surface area contributed by atoms with Crippen LogP contribution in [-0.4, -0.2) is 53.9 Å². The molecule has 2 aliphatic heterocycles. The quantitative estimate of drug-likeness (QED) is 0.369. The van der Waals surface area contributed by atoms with Crippen LogP contribution in [0.1, 0.15) is 64.3 Å². The zero-order valence-corrected chi connectivity index (χ0v) is 22.5. The summed E-state index contributed by atoms with van der Waals surface area (Å²) >= 11 is 6.12. The van der Waals surface area contributed by atoms with Crippen molar-refractivity contribution < 1.29 is 27.2 Å². The van der Waals surface area contributed by atoms with Crippen molar-refractivity contribution in [2.24, 2.45) is 0 Å². The first-order chi connectivity index (χ1) is 19.2. The van der Waals surface area contributed by atoms with Crippen LogP contribution in [-0.2, 0) is 12.6 Å². The largest absolute Gasteiger partial charge is 0.437 e. The maximum atomic E-state index is 13.6. The number of amides is 1. The normalized spacial score (nSPS) is 16.7. The monoisotopic (exact) mass is 575 g/mol. The molecule has 0 atom stereocenters. The third-order valence-electron chi connectivity index (χ3n) is 7.21. The Morgan fingerprint density at radius 3 is 2.38 bits per heavy atom. The number of oxazole rings is 1. The van der Waals surface area contributed by atoms with Gasteiger partial charge in [0.25, 0.3) is 11.9 Å². The van der Waals surface area contributed by atoms with E-state index in [9.17, 15) is 22.8 Å². The molecule has 2 aliphatic rings. The highest BCUT2D eigenvalue weighted by molar-refractivity contribution is 6.33. The lowest BCUT2D eigenvalue weighted by Gasteiger charge is -2.33. The van der Waals surface area contributed by atoms with Gasteiger partial charge in [0, 0.05) is 44.8 Å². The van der Waals surface area contributed by atoms with Gasteiger partial charge in [-0.05, 0) is 55.9 Å². The molecule has 8 nitrogen and oxygen atoms in total. The van der Waals surface area contributed by atoms with Crippen LogP contribution >= 0.6 is 11.6 Å². The molecule has 5 rings (SSSR count). The average molecular weight is 576 g/mol. The number of nitrogens with zero attached hydrogens (tertiary/aromatic N) is 4. The lowest BCUT2D eigenvalue weighted by molar-refractivity contribution is -0.141. The fourth-order valence-corrected chi connectivity index (χ4v) is 5.27. The van der Waals surface area contributed by atoms with Gasteiger partial charge in [-0.3, -0.25) is 9.59 Å². The van der Waals surface area contributed by atoms with Crippen molar-refractivity contribution in [1.29, 1.82) is 0 Å². The van der Waals surface area contributed by atoms with Gasteiger partial charge in [-0.1, -0.05) is 29.8 Å². The minimum absolute atomic E-state index is 0.00326. The lowest BCUT2D eigenvalue weighted by Crippen LogP contribution is -2.45. The summed E-state index contributed by atoms with van der Waals surface area (Å²) < 4.78 is 46.3. The second-order valence-electron chi connectivity index (χ2n) is 10.1.